The molecule has 0 amide bonds. The Morgan fingerprint density at radius 1 is 1.62 bits per heavy atom. The summed E-state index contributed by atoms with van der Waals surface area (Å²) in [6.45, 7) is 6.01. The molecule has 0 aromatic carbocycles. The molecule has 0 spiro atoms. The normalized spacial score (nSPS) is 13.9. The van der Waals surface area contributed by atoms with Crippen LogP contribution in [0.4, 0.5) is 0 Å². The van der Waals surface area contributed by atoms with Crippen LogP contribution in [0.1, 0.15) is 32.6 Å². The van der Waals surface area contributed by atoms with Crippen molar-refractivity contribution in [2.24, 2.45) is 0 Å². The highest BCUT2D eigenvalue weighted by Crippen LogP contribution is 2.12. The zero-order valence-electron chi connectivity index (χ0n) is 5.69. The van der Waals surface area contributed by atoms with Crippen molar-refractivity contribution in [2.75, 3.05) is 0 Å². The van der Waals surface area contributed by atoms with Crippen LogP contribution < -0.4 is 0 Å². The molecule has 0 fully saturated rings. The van der Waals surface area contributed by atoms with Gasteiger partial charge in [0.2, 0.25) is 0 Å². The maximum atomic E-state index is 3.78. The molecule has 0 aliphatic carbocycles. The van der Waals surface area contributed by atoms with Gasteiger partial charge in [0, 0.05) is 0 Å². The second-order valence-electron chi connectivity index (χ2n) is 2.16. The van der Waals surface area contributed by atoms with Crippen molar-refractivity contribution < 1.29 is 0 Å². The summed E-state index contributed by atoms with van der Waals surface area (Å²) < 4.78 is 0. The second kappa shape index (κ2) is 5.56. The molecular formula is C7H16P. The molecule has 0 N–H and O–H groups in total. The molecule has 0 aliphatic heterocycles. The van der Waals surface area contributed by atoms with E-state index in [9.17, 15) is 0 Å². The van der Waals surface area contributed by atoms with Crippen LogP contribution in [-0.2, 0) is 0 Å². The van der Waals surface area contributed by atoms with E-state index in [1.165, 1.54) is 19.3 Å². The highest BCUT2D eigenvalue weighted by Gasteiger charge is 1.94. The summed E-state index contributed by atoms with van der Waals surface area (Å²) in [5, 5.41) is 0. The zero-order chi connectivity index (χ0) is 6.41. The molecule has 2 atom stereocenters. The molecule has 0 aliphatic rings. The maximum Gasteiger partial charge on any atom is -0.0267 e. The Kier molecular flexibility index (Phi) is 5.86. The Morgan fingerprint density at radius 3 is 2.62 bits per heavy atom. The summed E-state index contributed by atoms with van der Waals surface area (Å²) in [4.78, 5) is 0. The van der Waals surface area contributed by atoms with Crippen molar-refractivity contribution in [2.45, 2.75) is 38.3 Å². The fourth-order valence-electron chi connectivity index (χ4n) is 0.611. The van der Waals surface area contributed by atoms with Gasteiger partial charge in [-0.25, -0.2) is 0 Å². The topological polar surface area (TPSA) is 0 Å². The molecule has 0 aromatic heterocycles. The van der Waals surface area contributed by atoms with Crippen LogP contribution in [0.5, 0.6) is 0 Å². The molecular weight excluding hydrogens is 115 g/mol. The number of unbranched alkanes of at least 4 members (excludes halogenated alkanes) is 1. The maximum absolute atomic E-state index is 3.78. The van der Waals surface area contributed by atoms with E-state index in [-0.39, 0.29) is 0 Å². The largest absolute Gasteiger partial charge is 0.134 e. The minimum Gasteiger partial charge on any atom is -0.134 e. The minimum absolute atomic E-state index is 0.830. The van der Waals surface area contributed by atoms with Gasteiger partial charge < -0.3 is 0 Å². The average molecular weight is 131 g/mol. The third kappa shape index (κ3) is 4.59. The van der Waals surface area contributed by atoms with Gasteiger partial charge in [-0.05, 0) is 18.5 Å². The second-order valence-corrected chi connectivity index (χ2v) is 3.11. The smallest absolute Gasteiger partial charge is 0.0267 e. The van der Waals surface area contributed by atoms with Gasteiger partial charge in [0.1, 0.15) is 0 Å². The van der Waals surface area contributed by atoms with Gasteiger partial charge in [0.05, 0.1) is 0 Å². The summed E-state index contributed by atoms with van der Waals surface area (Å²) in [6.07, 6.45) is 4.97. The monoisotopic (exact) mass is 131 g/mol. The zero-order valence-corrected chi connectivity index (χ0v) is 6.84. The molecule has 1 heteroatoms. The first-order chi connectivity index (χ1) is 3.81. The molecule has 0 bridgehead atoms. The number of hydrogen-bond donors (Lipinski definition) is 0. The van der Waals surface area contributed by atoms with Gasteiger partial charge >= 0.3 is 0 Å². The van der Waals surface area contributed by atoms with Gasteiger partial charge in [-0.3, -0.25) is 0 Å². The van der Waals surface area contributed by atoms with E-state index in [1.54, 1.807) is 0 Å². The Labute approximate surface area is 55.3 Å². The molecule has 1 radical (unpaired) electrons. The summed E-state index contributed by atoms with van der Waals surface area (Å²) >= 11 is 0. The van der Waals surface area contributed by atoms with Gasteiger partial charge in [-0.2, -0.15) is 0 Å². The van der Waals surface area contributed by atoms with E-state index in [2.05, 4.69) is 23.1 Å². The molecule has 2 unspecified atom stereocenters. The third-order valence-electron chi connectivity index (χ3n) is 1.35. The first-order valence-corrected chi connectivity index (χ1v) is 4.02. The van der Waals surface area contributed by atoms with Gasteiger partial charge in [0.15, 0.2) is 0 Å². The SMILES string of the molecule is [CH2]CCCC(P)CC. The molecule has 0 saturated carbocycles. The highest BCUT2D eigenvalue weighted by atomic mass is 31.0. The number of rotatable bonds is 4. The van der Waals surface area contributed by atoms with E-state index in [4.69, 9.17) is 0 Å². The standard InChI is InChI=1S/C7H16P/c1-3-5-6-7(8)4-2/h7H,1,3-6,8H2,2H3. The predicted molar refractivity (Wildman–Crippen MR) is 43.0 cm³/mol. The first kappa shape index (κ1) is 8.43. The van der Waals surface area contributed by atoms with E-state index in [0.29, 0.717) is 0 Å². The number of hydrogen-bond acceptors (Lipinski definition) is 0. The summed E-state index contributed by atoms with van der Waals surface area (Å²) in [5.41, 5.74) is 0.830. The predicted octanol–water partition coefficient (Wildman–Crippen LogP) is 2.64. The summed E-state index contributed by atoms with van der Waals surface area (Å²) in [5.74, 6) is 0. The van der Waals surface area contributed by atoms with Crippen molar-refractivity contribution in [1.82, 2.24) is 0 Å². The quantitative estimate of drug-likeness (QED) is 0.514. The van der Waals surface area contributed by atoms with Crippen LogP contribution in [0, 0.1) is 6.92 Å². The fraction of sp³-hybridized carbons (Fsp3) is 0.857. The van der Waals surface area contributed by atoms with Crippen LogP contribution in [-0.4, -0.2) is 5.66 Å². The van der Waals surface area contributed by atoms with Crippen molar-refractivity contribution in [3.05, 3.63) is 6.92 Å². The third-order valence-corrected chi connectivity index (χ3v) is 2.15. The van der Waals surface area contributed by atoms with E-state index >= 15 is 0 Å². The van der Waals surface area contributed by atoms with Crippen LogP contribution in [0.2, 0.25) is 0 Å². The Morgan fingerprint density at radius 2 is 2.25 bits per heavy atom. The van der Waals surface area contributed by atoms with Crippen LogP contribution in [0.15, 0.2) is 0 Å². The molecule has 0 rings (SSSR count). The summed E-state index contributed by atoms with van der Waals surface area (Å²) in [7, 11) is 2.86. The molecule has 8 heavy (non-hydrogen) atoms. The molecule has 0 saturated heterocycles. The van der Waals surface area contributed by atoms with E-state index < -0.39 is 0 Å². The lowest BCUT2D eigenvalue weighted by atomic mass is 10.2. The van der Waals surface area contributed by atoms with Crippen molar-refractivity contribution >= 4 is 9.24 Å². The first-order valence-electron chi connectivity index (χ1n) is 3.36. The summed E-state index contributed by atoms with van der Waals surface area (Å²) in [6, 6.07) is 0. The Balaban J connectivity index is 2.86. The lowest BCUT2D eigenvalue weighted by molar-refractivity contribution is 0.689. The van der Waals surface area contributed by atoms with E-state index in [1.807, 2.05) is 0 Å². The molecule has 49 valence electrons. The fourth-order valence-corrected chi connectivity index (χ4v) is 0.846. The minimum atomic E-state index is 0.830. The molecule has 0 nitrogen and oxygen atoms in total. The van der Waals surface area contributed by atoms with Crippen LogP contribution >= 0.6 is 9.24 Å². The van der Waals surface area contributed by atoms with Crippen LogP contribution in [0.3, 0.4) is 0 Å². The lowest BCUT2D eigenvalue weighted by Crippen LogP contribution is -1.92. The van der Waals surface area contributed by atoms with Crippen molar-refractivity contribution in [3.8, 4) is 0 Å². The van der Waals surface area contributed by atoms with Gasteiger partial charge in [-0.1, -0.05) is 26.7 Å². The average Bonchev–Trinajstić information content (AvgIpc) is 1.83. The highest BCUT2D eigenvalue weighted by molar-refractivity contribution is 7.17. The Bertz CT molecular complexity index is 43.7. The Hall–Kier alpha value is 0.430. The van der Waals surface area contributed by atoms with Crippen molar-refractivity contribution in [3.63, 3.8) is 0 Å². The molecule has 0 aromatic rings. The lowest BCUT2D eigenvalue weighted by Gasteiger charge is -2.04. The van der Waals surface area contributed by atoms with Crippen LogP contribution in [0.25, 0.3) is 0 Å². The van der Waals surface area contributed by atoms with Gasteiger partial charge in [-0.15, -0.1) is 9.24 Å². The molecule has 0 heterocycles. The van der Waals surface area contributed by atoms with E-state index in [0.717, 1.165) is 12.1 Å². The van der Waals surface area contributed by atoms with Gasteiger partial charge in [0.25, 0.3) is 0 Å². The van der Waals surface area contributed by atoms with Crippen molar-refractivity contribution in [1.29, 1.82) is 0 Å².